The Labute approximate surface area is 169 Å². The van der Waals surface area contributed by atoms with E-state index in [9.17, 15) is 9.59 Å². The van der Waals surface area contributed by atoms with E-state index in [1.54, 1.807) is 17.5 Å². The Morgan fingerprint density at radius 2 is 2.15 bits per heavy atom. The lowest BCUT2D eigenvalue weighted by atomic mass is 10.2. The van der Waals surface area contributed by atoms with Crippen LogP contribution >= 0.6 is 35.3 Å². The standard InChI is InChI=1S/C18H14N2O4S3/c21-16(12-3-6-26-9-12)19-4-5-20-17(22)15(27-18(20)25)8-11-1-2-13-14(7-11)24-10-23-13/h1-3,6-9H,4-5,10H2,(H,19,21)/b15-8+. The van der Waals surface area contributed by atoms with E-state index in [4.69, 9.17) is 21.7 Å². The van der Waals surface area contributed by atoms with Crippen LogP contribution in [0.2, 0.25) is 0 Å². The van der Waals surface area contributed by atoms with Gasteiger partial charge in [-0.05, 0) is 35.2 Å². The molecule has 0 atom stereocenters. The number of amides is 2. The molecule has 1 N–H and O–H groups in total. The van der Waals surface area contributed by atoms with Gasteiger partial charge in [-0.15, -0.1) is 0 Å². The molecule has 2 aliphatic heterocycles. The second-order valence-electron chi connectivity index (χ2n) is 5.71. The van der Waals surface area contributed by atoms with Gasteiger partial charge in [0.25, 0.3) is 11.8 Å². The zero-order chi connectivity index (χ0) is 18.8. The summed E-state index contributed by atoms with van der Waals surface area (Å²) in [6, 6.07) is 7.26. The normalized spacial score (nSPS) is 17.0. The van der Waals surface area contributed by atoms with Crippen LogP contribution in [0.25, 0.3) is 6.08 Å². The second kappa shape index (κ2) is 7.71. The molecule has 4 rings (SSSR count). The molecular formula is C18H14N2O4S3. The number of hydrogen-bond acceptors (Lipinski definition) is 7. The number of carbonyl (C=O) groups excluding carboxylic acids is 2. The molecule has 3 heterocycles. The van der Waals surface area contributed by atoms with Crippen molar-refractivity contribution in [2.75, 3.05) is 19.9 Å². The van der Waals surface area contributed by atoms with Gasteiger partial charge in [0.05, 0.1) is 4.91 Å². The predicted molar refractivity (Wildman–Crippen MR) is 109 cm³/mol. The predicted octanol–water partition coefficient (Wildman–Crippen LogP) is 3.11. The molecule has 1 fully saturated rings. The third-order valence-electron chi connectivity index (χ3n) is 3.97. The summed E-state index contributed by atoms with van der Waals surface area (Å²) in [4.78, 5) is 26.7. The van der Waals surface area contributed by atoms with Crippen LogP contribution in [0.15, 0.2) is 39.9 Å². The molecule has 9 heteroatoms. The minimum Gasteiger partial charge on any atom is -0.454 e. The Bertz CT molecular complexity index is 940. The van der Waals surface area contributed by atoms with Crippen LogP contribution in [0.1, 0.15) is 15.9 Å². The van der Waals surface area contributed by atoms with Crippen molar-refractivity contribution < 1.29 is 19.1 Å². The Kier molecular flexibility index (Phi) is 5.15. The van der Waals surface area contributed by atoms with Gasteiger partial charge in [0, 0.05) is 24.0 Å². The molecule has 0 radical (unpaired) electrons. The van der Waals surface area contributed by atoms with Gasteiger partial charge in [0.2, 0.25) is 6.79 Å². The summed E-state index contributed by atoms with van der Waals surface area (Å²) in [7, 11) is 0. The van der Waals surface area contributed by atoms with Gasteiger partial charge in [-0.25, -0.2) is 0 Å². The van der Waals surface area contributed by atoms with Gasteiger partial charge in [-0.3, -0.25) is 14.5 Å². The number of nitrogens with one attached hydrogen (secondary N) is 1. The number of hydrogen-bond donors (Lipinski definition) is 1. The number of nitrogens with zero attached hydrogens (tertiary/aromatic N) is 1. The number of ether oxygens (including phenoxy) is 2. The van der Waals surface area contributed by atoms with Crippen LogP contribution in [0.3, 0.4) is 0 Å². The summed E-state index contributed by atoms with van der Waals surface area (Å²) in [5, 5.41) is 6.43. The molecule has 0 aliphatic carbocycles. The van der Waals surface area contributed by atoms with E-state index in [0.717, 1.165) is 5.56 Å². The Morgan fingerprint density at radius 1 is 1.30 bits per heavy atom. The third kappa shape index (κ3) is 3.85. The lowest BCUT2D eigenvalue weighted by Crippen LogP contribution is -2.37. The fraction of sp³-hybridized carbons (Fsp3) is 0.167. The quantitative estimate of drug-likeness (QED) is 0.595. The van der Waals surface area contributed by atoms with Gasteiger partial charge in [0.15, 0.2) is 11.5 Å². The number of thioether (sulfide) groups is 1. The van der Waals surface area contributed by atoms with Crippen molar-refractivity contribution >= 4 is 57.5 Å². The number of carbonyl (C=O) groups is 2. The summed E-state index contributed by atoms with van der Waals surface area (Å²) in [6.07, 6.45) is 1.78. The minimum atomic E-state index is -0.160. The summed E-state index contributed by atoms with van der Waals surface area (Å²) >= 11 is 8.04. The van der Waals surface area contributed by atoms with Crippen molar-refractivity contribution in [1.29, 1.82) is 0 Å². The van der Waals surface area contributed by atoms with Gasteiger partial charge in [-0.2, -0.15) is 11.3 Å². The first kappa shape index (κ1) is 18.0. The highest BCUT2D eigenvalue weighted by molar-refractivity contribution is 8.26. The van der Waals surface area contributed by atoms with E-state index in [1.807, 2.05) is 23.6 Å². The number of benzene rings is 1. The Balaban J connectivity index is 1.39. The van der Waals surface area contributed by atoms with Gasteiger partial charge < -0.3 is 14.8 Å². The van der Waals surface area contributed by atoms with Crippen LogP contribution < -0.4 is 14.8 Å². The average Bonchev–Trinajstić information content (AvgIpc) is 3.38. The summed E-state index contributed by atoms with van der Waals surface area (Å²) in [5.74, 6) is 1.04. The number of fused-ring (bicyclic) bond motifs is 1. The van der Waals surface area contributed by atoms with E-state index in [2.05, 4.69) is 5.32 Å². The molecule has 0 saturated carbocycles. The fourth-order valence-corrected chi connectivity index (χ4v) is 4.57. The molecule has 1 aromatic carbocycles. The maximum absolute atomic E-state index is 12.6. The minimum absolute atomic E-state index is 0.155. The first-order valence-corrected chi connectivity index (χ1v) is 10.2. The maximum Gasteiger partial charge on any atom is 0.266 e. The third-order valence-corrected chi connectivity index (χ3v) is 6.03. The molecule has 27 heavy (non-hydrogen) atoms. The van der Waals surface area contributed by atoms with Crippen molar-refractivity contribution in [1.82, 2.24) is 10.2 Å². The molecule has 1 aromatic heterocycles. The van der Waals surface area contributed by atoms with Gasteiger partial charge in [-0.1, -0.05) is 30.0 Å². The van der Waals surface area contributed by atoms with Crippen LogP contribution in [0, 0.1) is 0 Å². The molecule has 138 valence electrons. The SMILES string of the molecule is O=C(NCCN1C(=O)/C(=C\c2ccc3c(c2)OCO3)SC1=S)c1ccsc1. The number of thiocarbonyl (C=S) groups is 1. The first-order valence-electron chi connectivity index (χ1n) is 8.07. The molecule has 0 bridgehead atoms. The van der Waals surface area contributed by atoms with Gasteiger partial charge in [0.1, 0.15) is 4.32 Å². The molecule has 2 amide bonds. The van der Waals surface area contributed by atoms with Crippen LogP contribution in [-0.4, -0.2) is 40.9 Å². The Hall–Kier alpha value is -2.36. The fourth-order valence-electron chi connectivity index (χ4n) is 2.62. The summed E-state index contributed by atoms with van der Waals surface area (Å²) < 4.78 is 11.1. The number of rotatable bonds is 5. The zero-order valence-corrected chi connectivity index (χ0v) is 16.4. The van der Waals surface area contributed by atoms with Crippen LogP contribution in [0.4, 0.5) is 0 Å². The van der Waals surface area contributed by atoms with E-state index >= 15 is 0 Å². The maximum atomic E-state index is 12.6. The van der Waals surface area contributed by atoms with E-state index in [-0.39, 0.29) is 18.6 Å². The summed E-state index contributed by atoms with van der Waals surface area (Å²) in [5.41, 5.74) is 1.46. The van der Waals surface area contributed by atoms with E-state index in [1.165, 1.54) is 28.0 Å². The van der Waals surface area contributed by atoms with Crippen molar-refractivity contribution in [2.24, 2.45) is 0 Å². The van der Waals surface area contributed by atoms with Crippen LogP contribution in [-0.2, 0) is 4.79 Å². The topological polar surface area (TPSA) is 67.9 Å². The molecule has 0 unspecified atom stereocenters. The Morgan fingerprint density at radius 3 is 2.96 bits per heavy atom. The lowest BCUT2D eigenvalue weighted by Gasteiger charge is -2.14. The second-order valence-corrected chi connectivity index (χ2v) is 8.17. The van der Waals surface area contributed by atoms with Gasteiger partial charge >= 0.3 is 0 Å². The summed E-state index contributed by atoms with van der Waals surface area (Å²) in [6.45, 7) is 0.870. The monoisotopic (exact) mass is 418 g/mol. The molecule has 2 aliphatic rings. The molecule has 2 aromatic rings. The van der Waals surface area contributed by atoms with E-state index in [0.29, 0.717) is 39.4 Å². The molecule has 0 spiro atoms. The highest BCUT2D eigenvalue weighted by Gasteiger charge is 2.31. The molecule has 1 saturated heterocycles. The van der Waals surface area contributed by atoms with Crippen LogP contribution in [0.5, 0.6) is 11.5 Å². The number of thiophene rings is 1. The average molecular weight is 419 g/mol. The zero-order valence-electron chi connectivity index (χ0n) is 14.0. The molecular weight excluding hydrogens is 404 g/mol. The van der Waals surface area contributed by atoms with Crippen molar-refractivity contribution in [2.45, 2.75) is 0 Å². The van der Waals surface area contributed by atoms with E-state index < -0.39 is 0 Å². The first-order chi connectivity index (χ1) is 13.1. The lowest BCUT2D eigenvalue weighted by molar-refractivity contribution is -0.122. The highest BCUT2D eigenvalue weighted by Crippen LogP contribution is 2.36. The van der Waals surface area contributed by atoms with Crippen molar-refractivity contribution in [3.05, 3.63) is 51.1 Å². The largest absolute Gasteiger partial charge is 0.454 e. The van der Waals surface area contributed by atoms with Crippen molar-refractivity contribution in [3.8, 4) is 11.5 Å². The smallest absolute Gasteiger partial charge is 0.266 e. The van der Waals surface area contributed by atoms with Crippen molar-refractivity contribution in [3.63, 3.8) is 0 Å². The molecule has 6 nitrogen and oxygen atoms in total. The highest BCUT2D eigenvalue weighted by atomic mass is 32.2.